The van der Waals surface area contributed by atoms with Crippen LogP contribution in [0.25, 0.3) is 0 Å². The number of carbonyl (C=O) groups excluding carboxylic acids is 2. The van der Waals surface area contributed by atoms with E-state index in [1.54, 1.807) is 0 Å². The molecule has 152 valence electrons. The van der Waals surface area contributed by atoms with E-state index in [4.69, 9.17) is 4.74 Å². The Balaban J connectivity index is 1.46. The Morgan fingerprint density at radius 3 is 2.68 bits per heavy atom. The Morgan fingerprint density at radius 2 is 2.00 bits per heavy atom. The Bertz CT molecular complexity index is 717. The number of Topliss-reactive ketones (excluding diaryl/α,β-unsaturated/α-hetero) is 1. The summed E-state index contributed by atoms with van der Waals surface area (Å²) in [6, 6.07) is 10.2. The largest absolute Gasteiger partial charge is 0.393 e. The Morgan fingerprint density at radius 1 is 1.21 bits per heavy atom. The lowest BCUT2D eigenvalue weighted by Crippen LogP contribution is -2.56. The van der Waals surface area contributed by atoms with Gasteiger partial charge in [0.15, 0.2) is 0 Å². The van der Waals surface area contributed by atoms with E-state index < -0.39 is 16.9 Å². The van der Waals surface area contributed by atoms with Gasteiger partial charge in [-0.1, -0.05) is 37.3 Å². The van der Waals surface area contributed by atoms with Crippen LogP contribution in [0.2, 0.25) is 0 Å². The second-order valence-corrected chi connectivity index (χ2v) is 9.59. The van der Waals surface area contributed by atoms with Gasteiger partial charge in [-0.15, -0.1) is 0 Å². The molecular formula is C24H32O4. The molecule has 3 aliphatic rings. The van der Waals surface area contributed by atoms with Crippen molar-refractivity contribution in [3.05, 3.63) is 35.9 Å². The van der Waals surface area contributed by atoms with Gasteiger partial charge in [-0.2, -0.15) is 0 Å². The van der Waals surface area contributed by atoms with E-state index >= 15 is 0 Å². The molecule has 3 fully saturated rings. The molecule has 1 N–H and O–H groups in total. The zero-order valence-electron chi connectivity index (χ0n) is 16.8. The molecule has 0 amide bonds. The molecule has 0 bridgehead atoms. The van der Waals surface area contributed by atoms with Crippen molar-refractivity contribution in [2.75, 3.05) is 0 Å². The van der Waals surface area contributed by atoms with Gasteiger partial charge in [-0.3, -0.25) is 4.79 Å². The molecule has 0 spiro atoms. The van der Waals surface area contributed by atoms with Crippen LogP contribution in [0.3, 0.4) is 0 Å². The number of benzene rings is 1. The number of aliphatic hydroxyl groups is 1. The van der Waals surface area contributed by atoms with Gasteiger partial charge in [0, 0.05) is 23.2 Å². The van der Waals surface area contributed by atoms with Gasteiger partial charge < -0.3 is 14.6 Å². The normalized spacial score (nSPS) is 40.9. The third-order valence-corrected chi connectivity index (χ3v) is 7.94. The summed E-state index contributed by atoms with van der Waals surface area (Å²) in [5.74, 6) is 0.326. The molecule has 3 aliphatic carbocycles. The number of rotatable bonds is 5. The number of carbonyl (C=O) groups is 2. The second-order valence-electron chi connectivity index (χ2n) is 9.59. The first-order chi connectivity index (χ1) is 13.5. The quantitative estimate of drug-likeness (QED) is 0.777. The number of ether oxygens (including phenoxy) is 1. The first-order valence-electron chi connectivity index (χ1n) is 10.8. The number of aliphatic hydroxyl groups excluding tert-OH is 1. The molecule has 1 aromatic rings. The summed E-state index contributed by atoms with van der Waals surface area (Å²) >= 11 is 0. The SMILES string of the molecule is C[C@]1([C@H]2CCCC2=O)C[C@@]2(C=O)CC[C@H](OCc3ccccc3)C[C@@H]2C[C@H]1O. The maximum absolute atomic E-state index is 12.4. The summed E-state index contributed by atoms with van der Waals surface area (Å²) < 4.78 is 6.16. The molecule has 1 aromatic carbocycles. The van der Waals surface area contributed by atoms with Crippen LogP contribution in [-0.4, -0.2) is 29.4 Å². The first-order valence-corrected chi connectivity index (χ1v) is 10.8. The summed E-state index contributed by atoms with van der Waals surface area (Å²) in [5.41, 5.74) is 0.275. The molecule has 3 saturated carbocycles. The standard InChI is InChI=1S/C24H32O4/c1-23(20-8-5-9-21(20)26)15-24(16-25)11-10-19(12-18(24)13-22(23)27)28-14-17-6-3-2-4-7-17/h2-4,6-7,16,18-20,22,27H,5,8-15H2,1H3/t18-,19+,20+,22-,23-,24-/m1/s1. The lowest BCUT2D eigenvalue weighted by molar-refractivity contribution is -0.163. The van der Waals surface area contributed by atoms with Crippen LogP contribution in [0.1, 0.15) is 63.9 Å². The predicted octanol–water partition coefficient (Wildman–Crippen LogP) is 4.09. The van der Waals surface area contributed by atoms with Gasteiger partial charge in [-0.25, -0.2) is 0 Å². The Kier molecular flexibility index (Phi) is 5.45. The minimum absolute atomic E-state index is 0.0904. The lowest BCUT2D eigenvalue weighted by Gasteiger charge is -2.55. The van der Waals surface area contributed by atoms with E-state index in [-0.39, 0.29) is 23.7 Å². The van der Waals surface area contributed by atoms with Crippen molar-refractivity contribution in [1.29, 1.82) is 0 Å². The molecule has 4 rings (SSSR count). The van der Waals surface area contributed by atoms with Gasteiger partial charge in [0.25, 0.3) is 0 Å². The van der Waals surface area contributed by atoms with E-state index in [9.17, 15) is 14.7 Å². The fourth-order valence-electron chi connectivity index (χ4n) is 6.24. The van der Waals surface area contributed by atoms with E-state index in [1.165, 1.54) is 0 Å². The van der Waals surface area contributed by atoms with E-state index in [1.807, 2.05) is 25.1 Å². The molecule has 0 radical (unpaired) electrons. The number of fused-ring (bicyclic) bond motifs is 1. The topological polar surface area (TPSA) is 63.6 Å². The maximum Gasteiger partial charge on any atom is 0.136 e. The molecule has 4 nitrogen and oxygen atoms in total. The van der Waals surface area contributed by atoms with Gasteiger partial charge in [0.1, 0.15) is 12.1 Å². The molecule has 6 atom stereocenters. The number of hydrogen-bond acceptors (Lipinski definition) is 4. The van der Waals surface area contributed by atoms with Crippen molar-refractivity contribution in [3.63, 3.8) is 0 Å². The van der Waals surface area contributed by atoms with Crippen molar-refractivity contribution in [2.24, 2.45) is 22.7 Å². The van der Waals surface area contributed by atoms with Gasteiger partial charge in [0.05, 0.1) is 18.8 Å². The van der Waals surface area contributed by atoms with Crippen LogP contribution in [0, 0.1) is 22.7 Å². The molecule has 28 heavy (non-hydrogen) atoms. The van der Waals surface area contributed by atoms with E-state index in [0.29, 0.717) is 25.9 Å². The smallest absolute Gasteiger partial charge is 0.136 e. The fourth-order valence-corrected chi connectivity index (χ4v) is 6.24. The summed E-state index contributed by atoms with van der Waals surface area (Å²) in [6.45, 7) is 2.63. The predicted molar refractivity (Wildman–Crippen MR) is 107 cm³/mol. The molecule has 0 unspecified atom stereocenters. The van der Waals surface area contributed by atoms with Gasteiger partial charge in [0.2, 0.25) is 0 Å². The number of ketones is 1. The fraction of sp³-hybridized carbons (Fsp3) is 0.667. The zero-order valence-corrected chi connectivity index (χ0v) is 16.8. The Labute approximate surface area is 167 Å². The summed E-state index contributed by atoms with van der Waals surface area (Å²) in [5, 5.41) is 11.0. The van der Waals surface area contributed by atoms with Crippen LogP contribution in [0.15, 0.2) is 30.3 Å². The average molecular weight is 385 g/mol. The summed E-state index contributed by atoms with van der Waals surface area (Å²) in [7, 11) is 0. The summed E-state index contributed by atoms with van der Waals surface area (Å²) in [4.78, 5) is 24.7. The van der Waals surface area contributed by atoms with Crippen molar-refractivity contribution in [1.82, 2.24) is 0 Å². The molecule has 0 saturated heterocycles. The first kappa shape index (κ1) is 19.8. The Hall–Kier alpha value is -1.52. The van der Waals surface area contributed by atoms with Crippen LogP contribution in [0.5, 0.6) is 0 Å². The highest BCUT2D eigenvalue weighted by Crippen LogP contribution is 2.59. The molecule has 0 aromatic heterocycles. The number of aldehydes is 1. The highest BCUT2D eigenvalue weighted by atomic mass is 16.5. The highest BCUT2D eigenvalue weighted by molar-refractivity contribution is 5.84. The van der Waals surface area contributed by atoms with Crippen molar-refractivity contribution in [3.8, 4) is 0 Å². The highest BCUT2D eigenvalue weighted by Gasteiger charge is 2.58. The van der Waals surface area contributed by atoms with Crippen molar-refractivity contribution in [2.45, 2.75) is 77.1 Å². The van der Waals surface area contributed by atoms with Crippen molar-refractivity contribution >= 4 is 12.1 Å². The third kappa shape index (κ3) is 3.46. The molecule has 0 heterocycles. The van der Waals surface area contributed by atoms with Gasteiger partial charge in [-0.05, 0) is 56.4 Å². The number of hydrogen-bond donors (Lipinski definition) is 1. The van der Waals surface area contributed by atoms with Crippen LogP contribution in [-0.2, 0) is 20.9 Å². The third-order valence-electron chi connectivity index (χ3n) is 7.94. The van der Waals surface area contributed by atoms with Crippen LogP contribution >= 0.6 is 0 Å². The van der Waals surface area contributed by atoms with Crippen molar-refractivity contribution < 1.29 is 19.4 Å². The zero-order chi connectivity index (χ0) is 19.8. The maximum atomic E-state index is 12.4. The molecule has 4 heteroatoms. The monoisotopic (exact) mass is 384 g/mol. The van der Waals surface area contributed by atoms with Gasteiger partial charge >= 0.3 is 0 Å². The minimum Gasteiger partial charge on any atom is -0.393 e. The molecular weight excluding hydrogens is 352 g/mol. The van der Waals surface area contributed by atoms with E-state index in [0.717, 1.165) is 44.0 Å². The second kappa shape index (κ2) is 7.72. The van der Waals surface area contributed by atoms with Crippen LogP contribution in [0.4, 0.5) is 0 Å². The van der Waals surface area contributed by atoms with Crippen LogP contribution < -0.4 is 0 Å². The molecule has 0 aliphatic heterocycles. The minimum atomic E-state index is -0.523. The lowest BCUT2D eigenvalue weighted by atomic mass is 9.49. The van der Waals surface area contributed by atoms with E-state index in [2.05, 4.69) is 12.1 Å². The average Bonchev–Trinajstić information content (AvgIpc) is 3.15. The summed E-state index contributed by atoms with van der Waals surface area (Å²) in [6.07, 6.45) is 6.87.